The van der Waals surface area contributed by atoms with Crippen molar-refractivity contribution in [2.24, 2.45) is 0 Å². The van der Waals surface area contributed by atoms with Gasteiger partial charge in [0.05, 0.1) is 5.69 Å². The molecule has 0 spiro atoms. The van der Waals surface area contributed by atoms with Crippen LogP contribution in [-0.2, 0) is 0 Å². The zero-order chi connectivity index (χ0) is 11.4. The van der Waals surface area contributed by atoms with E-state index in [1.54, 1.807) is 6.20 Å². The van der Waals surface area contributed by atoms with Gasteiger partial charge in [0.2, 0.25) is 0 Å². The molecule has 0 radical (unpaired) electrons. The second kappa shape index (κ2) is 3.22. The third-order valence-corrected chi connectivity index (χ3v) is 4.02. The molecule has 2 aromatic heterocycles. The van der Waals surface area contributed by atoms with Crippen LogP contribution in [0.15, 0.2) is 12.3 Å². The lowest BCUT2D eigenvalue weighted by Crippen LogP contribution is -2.15. The Kier molecular flexibility index (Phi) is 1.79. The molecule has 4 rings (SSSR count). The van der Waals surface area contributed by atoms with E-state index in [1.165, 1.54) is 37.9 Å². The van der Waals surface area contributed by atoms with Crippen molar-refractivity contribution in [3.63, 3.8) is 0 Å². The van der Waals surface area contributed by atoms with Gasteiger partial charge in [0.15, 0.2) is 5.65 Å². The summed E-state index contributed by atoms with van der Waals surface area (Å²) in [7, 11) is 0. The first-order chi connectivity index (χ1) is 8.34. The summed E-state index contributed by atoms with van der Waals surface area (Å²) >= 11 is 0. The van der Waals surface area contributed by atoms with Gasteiger partial charge >= 0.3 is 0 Å². The van der Waals surface area contributed by atoms with Gasteiger partial charge in [-0.05, 0) is 31.7 Å². The van der Waals surface area contributed by atoms with Gasteiger partial charge in [-0.1, -0.05) is 6.42 Å². The Morgan fingerprint density at radius 3 is 2.71 bits per heavy atom. The lowest BCUT2D eigenvalue weighted by Gasteiger charge is -2.25. The van der Waals surface area contributed by atoms with E-state index in [4.69, 9.17) is 10.7 Å². The van der Waals surface area contributed by atoms with Crippen molar-refractivity contribution in [1.82, 2.24) is 14.5 Å². The molecule has 0 unspecified atom stereocenters. The first kappa shape index (κ1) is 9.45. The molecule has 0 amide bonds. The molecule has 2 N–H and O–H groups in total. The highest BCUT2D eigenvalue weighted by Gasteiger charge is 2.33. The minimum absolute atomic E-state index is 0.630. The Morgan fingerprint density at radius 2 is 2.06 bits per heavy atom. The summed E-state index contributed by atoms with van der Waals surface area (Å²) in [5.74, 6) is 1.88. The number of nitrogens with zero attached hydrogens (tertiary/aromatic N) is 3. The van der Waals surface area contributed by atoms with Gasteiger partial charge in [-0.15, -0.1) is 0 Å². The highest BCUT2D eigenvalue weighted by Crippen LogP contribution is 2.44. The fraction of sp³-hybridized carbons (Fsp3) is 0.538. The molecule has 0 aromatic carbocycles. The van der Waals surface area contributed by atoms with E-state index in [1.807, 2.05) is 6.07 Å². The summed E-state index contributed by atoms with van der Waals surface area (Å²) in [6, 6.07) is 2.47. The first-order valence-electron chi connectivity index (χ1n) is 6.47. The third-order valence-electron chi connectivity index (χ3n) is 4.02. The van der Waals surface area contributed by atoms with Crippen molar-refractivity contribution < 1.29 is 0 Å². The number of nitrogens with two attached hydrogens (primary N) is 1. The molecule has 88 valence electrons. The summed E-state index contributed by atoms with van der Waals surface area (Å²) in [6.45, 7) is 0. The predicted octanol–water partition coefficient (Wildman–Crippen LogP) is 2.62. The molecule has 2 saturated carbocycles. The van der Waals surface area contributed by atoms with Crippen LogP contribution in [0.25, 0.3) is 11.2 Å². The van der Waals surface area contributed by atoms with E-state index >= 15 is 0 Å². The van der Waals surface area contributed by atoms with Gasteiger partial charge in [0.1, 0.15) is 11.3 Å². The Balaban J connectivity index is 1.97. The fourth-order valence-electron chi connectivity index (χ4n) is 2.67. The molecule has 2 aromatic rings. The number of pyridine rings is 1. The van der Waals surface area contributed by atoms with E-state index in [2.05, 4.69) is 9.55 Å². The average molecular weight is 228 g/mol. The standard InChI is InChI=1S/C13H16N4/c14-10-6-7-15-13-11(10)16-12(8-2-1-3-8)17(13)9-4-5-9/h6-9H,1-5H2,(H2,14,15). The fourth-order valence-corrected chi connectivity index (χ4v) is 2.67. The van der Waals surface area contributed by atoms with E-state index in [9.17, 15) is 0 Å². The smallest absolute Gasteiger partial charge is 0.162 e. The number of anilines is 1. The molecule has 0 saturated heterocycles. The number of imidazole rings is 1. The van der Waals surface area contributed by atoms with Gasteiger partial charge < -0.3 is 10.3 Å². The first-order valence-corrected chi connectivity index (χ1v) is 6.47. The summed E-state index contributed by atoms with van der Waals surface area (Å²) in [4.78, 5) is 9.26. The van der Waals surface area contributed by atoms with Crippen molar-refractivity contribution >= 4 is 16.9 Å². The maximum Gasteiger partial charge on any atom is 0.162 e. The second-order valence-corrected chi connectivity index (χ2v) is 5.27. The van der Waals surface area contributed by atoms with Crippen LogP contribution in [0.2, 0.25) is 0 Å². The number of hydrogen-bond acceptors (Lipinski definition) is 3. The highest BCUT2D eigenvalue weighted by atomic mass is 15.2. The number of rotatable bonds is 2. The number of fused-ring (bicyclic) bond motifs is 1. The highest BCUT2D eigenvalue weighted by molar-refractivity contribution is 5.84. The van der Waals surface area contributed by atoms with Crippen LogP contribution >= 0.6 is 0 Å². The van der Waals surface area contributed by atoms with Gasteiger partial charge in [-0.3, -0.25) is 0 Å². The molecule has 2 aliphatic rings. The Labute approximate surface area is 99.9 Å². The summed E-state index contributed by atoms with van der Waals surface area (Å²) in [6.07, 6.45) is 8.21. The van der Waals surface area contributed by atoms with Crippen LogP contribution in [0, 0.1) is 0 Å². The second-order valence-electron chi connectivity index (χ2n) is 5.27. The molecule has 4 heteroatoms. The maximum absolute atomic E-state index is 6.00. The molecule has 0 aliphatic heterocycles. The Bertz CT molecular complexity index is 578. The maximum atomic E-state index is 6.00. The van der Waals surface area contributed by atoms with Crippen molar-refractivity contribution in [1.29, 1.82) is 0 Å². The number of aromatic nitrogens is 3. The molecular weight excluding hydrogens is 212 g/mol. The van der Waals surface area contributed by atoms with E-state index in [0.29, 0.717) is 12.0 Å². The Hall–Kier alpha value is -1.58. The molecule has 2 heterocycles. The zero-order valence-electron chi connectivity index (χ0n) is 9.76. The van der Waals surface area contributed by atoms with Crippen LogP contribution in [0.5, 0.6) is 0 Å². The average Bonchev–Trinajstić information content (AvgIpc) is 2.99. The van der Waals surface area contributed by atoms with E-state index in [0.717, 1.165) is 16.9 Å². The van der Waals surface area contributed by atoms with Crippen LogP contribution in [0.1, 0.15) is 49.9 Å². The third kappa shape index (κ3) is 1.30. The molecular formula is C13H16N4. The lowest BCUT2D eigenvalue weighted by molar-refractivity contribution is 0.389. The minimum Gasteiger partial charge on any atom is -0.397 e. The normalized spacial score (nSPS) is 20.7. The van der Waals surface area contributed by atoms with Crippen LogP contribution in [-0.4, -0.2) is 14.5 Å². The lowest BCUT2D eigenvalue weighted by atomic mass is 9.85. The number of nitrogen functional groups attached to an aromatic ring is 1. The quantitative estimate of drug-likeness (QED) is 0.859. The molecule has 4 nitrogen and oxygen atoms in total. The van der Waals surface area contributed by atoms with Crippen molar-refractivity contribution in [2.45, 2.75) is 44.1 Å². The van der Waals surface area contributed by atoms with Crippen molar-refractivity contribution in [3.05, 3.63) is 18.1 Å². The van der Waals surface area contributed by atoms with Gasteiger partial charge in [0.25, 0.3) is 0 Å². The minimum atomic E-state index is 0.630. The molecule has 2 aliphatic carbocycles. The molecule has 0 atom stereocenters. The molecule has 2 fully saturated rings. The summed E-state index contributed by atoms with van der Waals surface area (Å²) in [5, 5.41) is 0. The van der Waals surface area contributed by atoms with E-state index < -0.39 is 0 Å². The van der Waals surface area contributed by atoms with Crippen LogP contribution in [0.3, 0.4) is 0 Å². The van der Waals surface area contributed by atoms with Gasteiger partial charge in [-0.25, -0.2) is 9.97 Å². The summed E-state index contributed by atoms with van der Waals surface area (Å²) in [5.41, 5.74) is 8.66. The van der Waals surface area contributed by atoms with Crippen LogP contribution < -0.4 is 5.73 Å². The summed E-state index contributed by atoms with van der Waals surface area (Å²) < 4.78 is 2.36. The largest absolute Gasteiger partial charge is 0.397 e. The SMILES string of the molecule is Nc1ccnc2c1nc(C1CCC1)n2C1CC1. The van der Waals surface area contributed by atoms with Crippen molar-refractivity contribution in [3.8, 4) is 0 Å². The van der Waals surface area contributed by atoms with E-state index in [-0.39, 0.29) is 0 Å². The molecule has 0 bridgehead atoms. The van der Waals surface area contributed by atoms with Crippen molar-refractivity contribution in [2.75, 3.05) is 5.73 Å². The number of hydrogen-bond donors (Lipinski definition) is 1. The van der Waals surface area contributed by atoms with Gasteiger partial charge in [-0.2, -0.15) is 0 Å². The van der Waals surface area contributed by atoms with Crippen LogP contribution in [0.4, 0.5) is 5.69 Å². The monoisotopic (exact) mass is 228 g/mol. The molecule has 17 heavy (non-hydrogen) atoms. The topological polar surface area (TPSA) is 56.7 Å². The van der Waals surface area contributed by atoms with Gasteiger partial charge in [0, 0.05) is 18.2 Å². The Morgan fingerprint density at radius 1 is 1.24 bits per heavy atom. The predicted molar refractivity (Wildman–Crippen MR) is 66.8 cm³/mol. The zero-order valence-corrected chi connectivity index (χ0v) is 9.76.